The van der Waals surface area contributed by atoms with Crippen LogP contribution in [0, 0.1) is 0 Å². The van der Waals surface area contributed by atoms with Crippen LogP contribution in [0.1, 0.15) is 16.3 Å². The number of alkyl halides is 3. The zero-order valence-electron chi connectivity index (χ0n) is 17.4. The minimum absolute atomic E-state index is 0.169. The number of hydrogen-bond donors (Lipinski definition) is 2. The summed E-state index contributed by atoms with van der Waals surface area (Å²) in [7, 11) is 3.20. The van der Waals surface area contributed by atoms with E-state index in [1.54, 1.807) is 20.4 Å². The van der Waals surface area contributed by atoms with Crippen LogP contribution in [0.5, 0.6) is 11.5 Å². The molecule has 0 bridgehead atoms. The van der Waals surface area contributed by atoms with Crippen molar-refractivity contribution in [3.63, 3.8) is 0 Å². The second kappa shape index (κ2) is 11.8. The molecule has 0 saturated heterocycles. The molecule has 1 aromatic carbocycles. The number of pyridine rings is 1. The van der Waals surface area contributed by atoms with Crippen LogP contribution in [0.25, 0.3) is 0 Å². The van der Waals surface area contributed by atoms with E-state index >= 15 is 0 Å². The number of nitrogens with zero attached hydrogens (tertiary/aromatic N) is 3. The number of aliphatic carboxylic acids is 1. The van der Waals surface area contributed by atoms with Gasteiger partial charge in [0.25, 0.3) is 0 Å². The molecule has 2 heterocycles. The molecule has 0 aliphatic rings. The quantitative estimate of drug-likeness (QED) is 0.523. The van der Waals surface area contributed by atoms with Gasteiger partial charge in [-0.2, -0.15) is 13.2 Å². The van der Waals surface area contributed by atoms with Crippen LogP contribution in [0.2, 0.25) is 0 Å². The highest BCUT2D eigenvalue weighted by molar-refractivity contribution is 7.15. The first-order chi connectivity index (χ1) is 15.6. The Bertz CT molecular complexity index is 1080. The van der Waals surface area contributed by atoms with E-state index in [4.69, 9.17) is 19.4 Å². The van der Waals surface area contributed by atoms with Crippen molar-refractivity contribution in [1.29, 1.82) is 0 Å². The monoisotopic (exact) mass is 484 g/mol. The number of methoxy groups -OCH3 is 2. The van der Waals surface area contributed by atoms with Gasteiger partial charge in [0.15, 0.2) is 11.5 Å². The molecule has 0 saturated carbocycles. The van der Waals surface area contributed by atoms with Gasteiger partial charge in [0.1, 0.15) is 5.01 Å². The lowest BCUT2D eigenvalue weighted by Gasteiger charge is -2.08. The van der Waals surface area contributed by atoms with Gasteiger partial charge in [0.2, 0.25) is 11.0 Å². The Balaban J connectivity index is 0.000000479. The Kier molecular flexibility index (Phi) is 9.09. The van der Waals surface area contributed by atoms with Gasteiger partial charge in [0, 0.05) is 18.3 Å². The molecule has 2 aromatic heterocycles. The van der Waals surface area contributed by atoms with E-state index in [9.17, 15) is 18.0 Å². The van der Waals surface area contributed by atoms with Gasteiger partial charge < -0.3 is 19.9 Å². The maximum Gasteiger partial charge on any atom is 0.490 e. The number of hydrogen-bond acceptors (Lipinski definition) is 8. The van der Waals surface area contributed by atoms with Crippen LogP contribution < -0.4 is 14.8 Å². The van der Waals surface area contributed by atoms with E-state index in [-0.39, 0.29) is 12.3 Å². The molecule has 0 aliphatic heterocycles. The van der Waals surface area contributed by atoms with Gasteiger partial charge in [-0.15, -0.1) is 10.2 Å². The predicted molar refractivity (Wildman–Crippen MR) is 113 cm³/mol. The summed E-state index contributed by atoms with van der Waals surface area (Å²) in [5.41, 5.74) is 1.73. The lowest BCUT2D eigenvalue weighted by atomic mass is 10.1. The van der Waals surface area contributed by atoms with Crippen LogP contribution in [0.4, 0.5) is 18.3 Å². The Morgan fingerprint density at radius 1 is 1.09 bits per heavy atom. The molecule has 0 fully saturated rings. The largest absolute Gasteiger partial charge is 0.493 e. The first-order valence-corrected chi connectivity index (χ1v) is 9.97. The van der Waals surface area contributed by atoms with Crippen molar-refractivity contribution in [2.75, 3.05) is 19.5 Å². The van der Waals surface area contributed by atoms with Crippen LogP contribution in [-0.2, 0) is 22.4 Å². The van der Waals surface area contributed by atoms with E-state index in [0.29, 0.717) is 28.7 Å². The Labute approximate surface area is 190 Å². The van der Waals surface area contributed by atoms with Gasteiger partial charge in [-0.3, -0.25) is 9.78 Å². The molecule has 9 nitrogen and oxygen atoms in total. The number of anilines is 1. The third kappa shape index (κ3) is 8.37. The van der Waals surface area contributed by atoms with E-state index in [1.807, 2.05) is 36.4 Å². The van der Waals surface area contributed by atoms with Crippen molar-refractivity contribution < 1.29 is 37.3 Å². The number of amides is 1. The summed E-state index contributed by atoms with van der Waals surface area (Å²) in [6.07, 6.45) is -2.63. The third-order valence-electron chi connectivity index (χ3n) is 3.83. The van der Waals surface area contributed by atoms with Crippen LogP contribution in [0.3, 0.4) is 0 Å². The number of carbonyl (C=O) groups excluding carboxylic acids is 1. The number of aromatic nitrogens is 3. The predicted octanol–water partition coefficient (Wildman–Crippen LogP) is 3.36. The fourth-order valence-electron chi connectivity index (χ4n) is 2.37. The van der Waals surface area contributed by atoms with Crippen LogP contribution in [0.15, 0.2) is 42.6 Å². The Hall–Kier alpha value is -3.74. The summed E-state index contributed by atoms with van der Waals surface area (Å²) in [5.74, 6) is -1.58. The smallest absolute Gasteiger partial charge is 0.490 e. The molecule has 0 aliphatic carbocycles. The topological polar surface area (TPSA) is 124 Å². The van der Waals surface area contributed by atoms with E-state index in [2.05, 4.69) is 20.5 Å². The Morgan fingerprint density at radius 3 is 2.36 bits per heavy atom. The number of rotatable bonds is 7. The van der Waals surface area contributed by atoms with Gasteiger partial charge in [-0.1, -0.05) is 23.5 Å². The highest BCUT2D eigenvalue weighted by Crippen LogP contribution is 2.29. The number of ether oxygens (including phenoxy) is 2. The standard InChI is InChI=1S/C18H18N4O3S.C2HF3O2/c1-24-14-7-6-12(9-15(14)25-2)10-17-21-22-18(26-17)20-16(23)11-13-5-3-4-8-19-13;3-2(4,5)1(6)7/h3-9H,10-11H2,1-2H3,(H,20,22,23);(H,6,7). The summed E-state index contributed by atoms with van der Waals surface area (Å²) in [4.78, 5) is 25.1. The maximum atomic E-state index is 12.1. The Morgan fingerprint density at radius 2 is 1.79 bits per heavy atom. The van der Waals surface area contributed by atoms with E-state index in [0.717, 1.165) is 10.6 Å². The molecule has 1 amide bonds. The number of carboxylic acids is 1. The molecule has 2 N–H and O–H groups in total. The van der Waals surface area contributed by atoms with Crippen molar-refractivity contribution in [1.82, 2.24) is 15.2 Å². The summed E-state index contributed by atoms with van der Waals surface area (Å²) in [5, 5.41) is 19.3. The molecule has 0 unspecified atom stereocenters. The van der Waals surface area contributed by atoms with Gasteiger partial charge in [-0.25, -0.2) is 4.79 Å². The molecular weight excluding hydrogens is 465 g/mol. The van der Waals surface area contributed by atoms with Crippen molar-refractivity contribution in [2.24, 2.45) is 0 Å². The fraction of sp³-hybridized carbons (Fsp3) is 0.250. The molecule has 176 valence electrons. The van der Waals surface area contributed by atoms with Crippen molar-refractivity contribution in [3.05, 3.63) is 58.9 Å². The average molecular weight is 484 g/mol. The lowest BCUT2D eigenvalue weighted by molar-refractivity contribution is -0.192. The molecule has 13 heteroatoms. The van der Waals surface area contributed by atoms with E-state index in [1.165, 1.54) is 11.3 Å². The van der Waals surface area contributed by atoms with Crippen molar-refractivity contribution >= 4 is 28.3 Å². The second-order valence-corrected chi connectivity index (χ2v) is 7.28. The molecule has 33 heavy (non-hydrogen) atoms. The van der Waals surface area contributed by atoms with Crippen LogP contribution in [-0.4, -0.2) is 52.6 Å². The fourth-order valence-corrected chi connectivity index (χ4v) is 3.16. The third-order valence-corrected chi connectivity index (χ3v) is 4.67. The number of nitrogens with one attached hydrogen (secondary N) is 1. The SMILES string of the molecule is COc1ccc(Cc2nnc(NC(=O)Cc3ccccn3)s2)cc1OC.O=C(O)C(F)(F)F. The summed E-state index contributed by atoms with van der Waals surface area (Å²) < 4.78 is 42.3. The van der Waals surface area contributed by atoms with Crippen molar-refractivity contribution in [3.8, 4) is 11.5 Å². The minimum atomic E-state index is -5.08. The molecule has 0 atom stereocenters. The molecule has 0 spiro atoms. The van der Waals surface area contributed by atoms with Gasteiger partial charge in [-0.05, 0) is 29.8 Å². The normalized spacial score (nSPS) is 10.6. The molecular formula is C20H19F3N4O5S. The summed E-state index contributed by atoms with van der Waals surface area (Å²) in [6.45, 7) is 0. The average Bonchev–Trinajstić information content (AvgIpc) is 3.20. The molecule has 0 radical (unpaired) electrons. The second-order valence-electron chi connectivity index (χ2n) is 6.22. The first-order valence-electron chi connectivity index (χ1n) is 9.15. The number of halogens is 3. The molecule has 3 rings (SSSR count). The van der Waals surface area contributed by atoms with Gasteiger partial charge >= 0.3 is 12.1 Å². The van der Waals surface area contributed by atoms with Crippen molar-refractivity contribution in [2.45, 2.75) is 19.0 Å². The summed E-state index contributed by atoms with van der Waals surface area (Å²) in [6, 6.07) is 11.2. The number of carboxylic acid groups (broad SMARTS) is 1. The van der Waals surface area contributed by atoms with E-state index < -0.39 is 12.1 Å². The zero-order valence-corrected chi connectivity index (χ0v) is 18.2. The minimum Gasteiger partial charge on any atom is -0.493 e. The molecule has 3 aromatic rings. The highest BCUT2D eigenvalue weighted by Gasteiger charge is 2.38. The number of benzene rings is 1. The van der Waals surface area contributed by atoms with Gasteiger partial charge in [0.05, 0.1) is 20.6 Å². The lowest BCUT2D eigenvalue weighted by Crippen LogP contribution is -2.21. The number of carbonyl (C=O) groups is 2. The first kappa shape index (κ1) is 25.5. The highest BCUT2D eigenvalue weighted by atomic mass is 32.1. The zero-order chi connectivity index (χ0) is 24.4. The van der Waals surface area contributed by atoms with Crippen LogP contribution >= 0.6 is 11.3 Å². The summed E-state index contributed by atoms with van der Waals surface area (Å²) >= 11 is 1.34. The maximum absolute atomic E-state index is 12.1.